The summed E-state index contributed by atoms with van der Waals surface area (Å²) in [4.78, 5) is 0. The van der Waals surface area contributed by atoms with E-state index < -0.39 is 8.07 Å². The van der Waals surface area contributed by atoms with Crippen LogP contribution in [0.3, 0.4) is 0 Å². The topological polar surface area (TPSA) is 0 Å². The van der Waals surface area contributed by atoms with Gasteiger partial charge in [-0.3, -0.25) is 0 Å². The fraction of sp³-hybridized carbons (Fsp3) is 0.667. The monoisotopic (exact) mass is 194 g/mol. The van der Waals surface area contributed by atoms with E-state index in [4.69, 9.17) is 0 Å². The minimum absolute atomic E-state index is 0. The summed E-state index contributed by atoms with van der Waals surface area (Å²) < 4.78 is 0. The average molecular weight is 194 g/mol. The first-order valence-corrected chi connectivity index (χ1v) is 6.86. The maximum Gasteiger partial charge on any atom is 1.00 e. The minimum Gasteiger partial charge on any atom is -0.245 e. The van der Waals surface area contributed by atoms with Crippen molar-refractivity contribution in [1.29, 1.82) is 0 Å². The SMILES string of the molecule is [CH2-]C=C[Si](C)(C)C(C)(C)C.[K+]. The van der Waals surface area contributed by atoms with E-state index in [1.54, 1.807) is 0 Å². The Morgan fingerprint density at radius 1 is 1.18 bits per heavy atom. The first-order chi connectivity index (χ1) is 4.31. The molecule has 0 aliphatic rings. The van der Waals surface area contributed by atoms with Crippen LogP contribution < -0.4 is 51.4 Å². The largest absolute Gasteiger partial charge is 1.00 e. The number of hydrogen-bond acceptors (Lipinski definition) is 0. The Hall–Kier alpha value is 1.46. The van der Waals surface area contributed by atoms with Gasteiger partial charge in [-0.1, -0.05) is 38.9 Å². The van der Waals surface area contributed by atoms with Gasteiger partial charge in [0.25, 0.3) is 0 Å². The molecule has 0 radical (unpaired) electrons. The van der Waals surface area contributed by atoms with Crippen LogP contribution in [0.1, 0.15) is 20.8 Å². The molecular weight excluding hydrogens is 175 g/mol. The fourth-order valence-electron chi connectivity index (χ4n) is 0.545. The third kappa shape index (κ3) is 4.91. The second-order valence-electron chi connectivity index (χ2n) is 4.37. The quantitative estimate of drug-likeness (QED) is 0.419. The molecular formula is C9H19KSi. The van der Waals surface area contributed by atoms with Crippen molar-refractivity contribution in [2.45, 2.75) is 38.9 Å². The van der Waals surface area contributed by atoms with Crippen LogP contribution in [0, 0.1) is 6.92 Å². The normalized spacial score (nSPS) is 13.2. The smallest absolute Gasteiger partial charge is 0.245 e. The summed E-state index contributed by atoms with van der Waals surface area (Å²) in [6.45, 7) is 15.4. The molecule has 0 bridgehead atoms. The van der Waals surface area contributed by atoms with E-state index >= 15 is 0 Å². The molecule has 11 heavy (non-hydrogen) atoms. The van der Waals surface area contributed by atoms with E-state index in [1.807, 2.05) is 6.08 Å². The van der Waals surface area contributed by atoms with Crippen molar-refractivity contribution in [1.82, 2.24) is 0 Å². The van der Waals surface area contributed by atoms with Crippen LogP contribution in [-0.2, 0) is 0 Å². The molecule has 0 amide bonds. The Bertz CT molecular complexity index is 131. The van der Waals surface area contributed by atoms with Crippen LogP contribution in [0.15, 0.2) is 11.8 Å². The van der Waals surface area contributed by atoms with Gasteiger partial charge in [-0.05, 0) is 8.07 Å². The molecule has 0 fully saturated rings. The summed E-state index contributed by atoms with van der Waals surface area (Å²) in [6.07, 6.45) is 1.94. The molecule has 0 rings (SSSR count). The van der Waals surface area contributed by atoms with Crippen LogP contribution in [0.2, 0.25) is 18.1 Å². The molecule has 0 aromatic rings. The molecule has 0 spiro atoms. The van der Waals surface area contributed by atoms with E-state index in [9.17, 15) is 0 Å². The van der Waals surface area contributed by atoms with Crippen molar-refractivity contribution in [2.24, 2.45) is 0 Å². The average Bonchev–Trinajstić information content (AvgIpc) is 1.61. The second kappa shape index (κ2) is 5.25. The van der Waals surface area contributed by atoms with Gasteiger partial charge >= 0.3 is 51.4 Å². The van der Waals surface area contributed by atoms with E-state index in [1.165, 1.54) is 0 Å². The van der Waals surface area contributed by atoms with Crippen molar-refractivity contribution < 1.29 is 51.4 Å². The van der Waals surface area contributed by atoms with Gasteiger partial charge in [0.05, 0.1) is 0 Å². The molecule has 60 valence electrons. The molecule has 0 aliphatic heterocycles. The zero-order valence-corrected chi connectivity index (χ0v) is 13.0. The van der Waals surface area contributed by atoms with E-state index in [0.717, 1.165) is 0 Å². The van der Waals surface area contributed by atoms with Crippen molar-refractivity contribution >= 4 is 8.07 Å². The predicted octanol–water partition coefficient (Wildman–Crippen LogP) is 0.428. The Labute approximate surface area is 115 Å². The number of rotatable bonds is 1. The number of hydrogen-bond donors (Lipinski definition) is 0. The summed E-state index contributed by atoms with van der Waals surface area (Å²) >= 11 is 0. The first kappa shape index (κ1) is 15.0. The summed E-state index contributed by atoms with van der Waals surface area (Å²) in [7, 11) is -1.15. The van der Waals surface area contributed by atoms with E-state index in [0.29, 0.717) is 5.04 Å². The molecule has 0 saturated heterocycles. The van der Waals surface area contributed by atoms with Crippen LogP contribution >= 0.6 is 0 Å². The van der Waals surface area contributed by atoms with Gasteiger partial charge in [0.2, 0.25) is 0 Å². The Balaban J connectivity index is 0. The van der Waals surface area contributed by atoms with E-state index in [-0.39, 0.29) is 51.4 Å². The van der Waals surface area contributed by atoms with Crippen LogP contribution in [-0.4, -0.2) is 8.07 Å². The summed E-state index contributed by atoms with van der Waals surface area (Å²) in [5, 5.41) is 0.460. The van der Waals surface area contributed by atoms with Crippen molar-refractivity contribution in [3.63, 3.8) is 0 Å². The van der Waals surface area contributed by atoms with Gasteiger partial charge < -0.3 is 0 Å². The minimum atomic E-state index is -1.15. The third-order valence-electron chi connectivity index (χ3n) is 2.47. The molecule has 0 saturated carbocycles. The molecule has 0 aromatic carbocycles. The van der Waals surface area contributed by atoms with Gasteiger partial charge in [-0.2, -0.15) is 0 Å². The maximum atomic E-state index is 3.74. The van der Waals surface area contributed by atoms with Gasteiger partial charge in [0.15, 0.2) is 0 Å². The molecule has 0 atom stereocenters. The van der Waals surface area contributed by atoms with Gasteiger partial charge in [-0.25, -0.2) is 18.7 Å². The molecule has 0 aromatic heterocycles. The zero-order chi connectivity index (χ0) is 8.41. The summed E-state index contributed by atoms with van der Waals surface area (Å²) in [5.41, 5.74) is 2.30. The second-order valence-corrected chi connectivity index (χ2v) is 9.65. The standard InChI is InChI=1S/C9H19Si.K/c1-7-8-10(5,6)9(2,3)4;/h7-8H,1H2,2-6H3;/q-1;+1. The molecule has 0 aliphatic carbocycles. The van der Waals surface area contributed by atoms with Crippen molar-refractivity contribution in [2.75, 3.05) is 0 Å². The molecule has 0 heterocycles. The predicted molar refractivity (Wildman–Crippen MR) is 51.7 cm³/mol. The van der Waals surface area contributed by atoms with Crippen LogP contribution in [0.4, 0.5) is 0 Å². The Kier molecular flexibility index (Phi) is 7.14. The third-order valence-corrected chi connectivity index (χ3v) is 7.40. The van der Waals surface area contributed by atoms with Crippen LogP contribution in [0.5, 0.6) is 0 Å². The number of allylic oxidation sites excluding steroid dienone is 1. The van der Waals surface area contributed by atoms with Crippen molar-refractivity contribution in [3.05, 3.63) is 18.7 Å². The molecule has 0 nitrogen and oxygen atoms in total. The molecule has 2 heteroatoms. The van der Waals surface area contributed by atoms with Gasteiger partial charge in [-0.15, -0.1) is 0 Å². The van der Waals surface area contributed by atoms with Gasteiger partial charge in [0.1, 0.15) is 0 Å². The summed E-state index contributed by atoms with van der Waals surface area (Å²) in [5.74, 6) is 0. The van der Waals surface area contributed by atoms with Crippen molar-refractivity contribution in [3.8, 4) is 0 Å². The zero-order valence-electron chi connectivity index (χ0n) is 8.86. The van der Waals surface area contributed by atoms with Gasteiger partial charge in [0, 0.05) is 0 Å². The Morgan fingerprint density at radius 3 is 1.64 bits per heavy atom. The molecule has 0 N–H and O–H groups in total. The van der Waals surface area contributed by atoms with E-state index in [2.05, 4.69) is 46.5 Å². The first-order valence-electron chi connectivity index (χ1n) is 3.78. The van der Waals surface area contributed by atoms with Crippen LogP contribution in [0.25, 0.3) is 0 Å². The fourth-order valence-corrected chi connectivity index (χ4v) is 1.63. The maximum absolute atomic E-state index is 3.74. The Morgan fingerprint density at radius 2 is 1.55 bits per heavy atom. The molecule has 0 unspecified atom stereocenters. The summed E-state index contributed by atoms with van der Waals surface area (Å²) in [6, 6.07) is 0.